The molecule has 0 atom stereocenters. The molecule has 0 heterocycles. The molecule has 0 spiro atoms. The number of carbonyl (C=O) groups is 2. The summed E-state index contributed by atoms with van der Waals surface area (Å²) < 4.78 is 5.60. The van der Waals surface area contributed by atoms with Gasteiger partial charge in [-0.2, -0.15) is 0 Å². The molecule has 0 aliphatic rings. The molecule has 1 aromatic carbocycles. The van der Waals surface area contributed by atoms with E-state index in [0.717, 1.165) is 12.8 Å². The molecular weight excluding hydrogens is 338 g/mol. The van der Waals surface area contributed by atoms with Crippen LogP contribution in [0.1, 0.15) is 40.5 Å². The Labute approximate surface area is 133 Å². The number of halogens is 1. The van der Waals surface area contributed by atoms with Gasteiger partial charge in [-0.1, -0.05) is 29.3 Å². The highest BCUT2D eigenvalue weighted by Crippen LogP contribution is 2.18. The van der Waals surface area contributed by atoms with Gasteiger partial charge in [0.2, 0.25) is 0 Å². The van der Waals surface area contributed by atoms with E-state index in [1.807, 2.05) is 0 Å². The van der Waals surface area contributed by atoms with Gasteiger partial charge in [0.05, 0.1) is 12.2 Å². The number of nitrogens with zero attached hydrogens (tertiary/aromatic N) is 1. The largest absolute Gasteiger partial charge is 0.478 e. The van der Waals surface area contributed by atoms with E-state index in [2.05, 4.69) is 22.9 Å². The van der Waals surface area contributed by atoms with E-state index in [0.29, 0.717) is 29.7 Å². The quantitative estimate of drug-likeness (QED) is 0.776. The molecule has 0 aromatic heterocycles. The maximum atomic E-state index is 12.5. The minimum absolute atomic E-state index is 0.0925. The van der Waals surface area contributed by atoms with Crippen LogP contribution >= 0.6 is 15.9 Å². The molecule has 1 rings (SSSR count). The normalized spacial score (nSPS) is 10.4. The summed E-state index contributed by atoms with van der Waals surface area (Å²) in [6.07, 6.45) is 1.88. The number of ether oxygens (including phenoxy) is 1. The van der Waals surface area contributed by atoms with Crippen LogP contribution in [0.4, 0.5) is 0 Å². The van der Waals surface area contributed by atoms with Gasteiger partial charge in [-0.25, -0.2) is 4.79 Å². The zero-order chi connectivity index (χ0) is 15.8. The third kappa shape index (κ3) is 5.47. The first kappa shape index (κ1) is 17.7. The van der Waals surface area contributed by atoms with Gasteiger partial charge >= 0.3 is 5.97 Å². The average Bonchev–Trinajstić information content (AvgIpc) is 2.46. The summed E-state index contributed by atoms with van der Waals surface area (Å²) in [5.74, 6) is -1.23. The highest BCUT2D eigenvalue weighted by Gasteiger charge is 2.17. The number of hydrogen-bond acceptors (Lipinski definition) is 3. The SMILES string of the molecule is CCCCN(CCOC)C(=O)c1cc(Br)cc(C(=O)O)c1. The van der Waals surface area contributed by atoms with E-state index in [9.17, 15) is 9.59 Å². The molecule has 0 saturated carbocycles. The number of rotatable bonds is 8. The Morgan fingerprint density at radius 2 is 1.90 bits per heavy atom. The molecule has 0 fully saturated rings. The van der Waals surface area contributed by atoms with Crippen molar-refractivity contribution < 1.29 is 19.4 Å². The van der Waals surface area contributed by atoms with Gasteiger partial charge in [0, 0.05) is 30.2 Å². The predicted molar refractivity (Wildman–Crippen MR) is 83.8 cm³/mol. The topological polar surface area (TPSA) is 66.8 Å². The van der Waals surface area contributed by atoms with Crippen molar-refractivity contribution in [2.24, 2.45) is 0 Å². The van der Waals surface area contributed by atoms with Crippen LogP contribution < -0.4 is 0 Å². The fourth-order valence-electron chi connectivity index (χ4n) is 1.88. The maximum absolute atomic E-state index is 12.5. The van der Waals surface area contributed by atoms with E-state index >= 15 is 0 Å². The summed E-state index contributed by atoms with van der Waals surface area (Å²) in [5.41, 5.74) is 0.462. The Morgan fingerprint density at radius 3 is 2.48 bits per heavy atom. The fraction of sp³-hybridized carbons (Fsp3) is 0.467. The van der Waals surface area contributed by atoms with Crippen LogP contribution in [-0.2, 0) is 4.74 Å². The van der Waals surface area contributed by atoms with Crippen molar-refractivity contribution in [2.75, 3.05) is 26.8 Å². The predicted octanol–water partition coefficient (Wildman–Crippen LogP) is 3.04. The van der Waals surface area contributed by atoms with E-state index in [-0.39, 0.29) is 11.5 Å². The second-order valence-corrected chi connectivity index (χ2v) is 5.59. The van der Waals surface area contributed by atoms with Gasteiger partial charge in [0.1, 0.15) is 0 Å². The lowest BCUT2D eigenvalue weighted by molar-refractivity contribution is 0.0692. The number of amides is 1. The maximum Gasteiger partial charge on any atom is 0.335 e. The van der Waals surface area contributed by atoms with Crippen molar-refractivity contribution in [1.82, 2.24) is 4.90 Å². The number of carboxylic acids is 1. The number of benzene rings is 1. The van der Waals surface area contributed by atoms with Crippen molar-refractivity contribution in [3.8, 4) is 0 Å². The van der Waals surface area contributed by atoms with Crippen LogP contribution in [0.5, 0.6) is 0 Å². The Kier molecular flexibility index (Phi) is 7.39. The molecule has 0 aliphatic heterocycles. The Bertz CT molecular complexity index is 496. The standard InChI is InChI=1S/C15H20BrNO4/c1-3-4-5-17(6-7-21-2)14(18)11-8-12(15(19)20)10-13(16)9-11/h8-10H,3-7H2,1-2H3,(H,19,20). The molecule has 0 saturated heterocycles. The summed E-state index contributed by atoms with van der Waals surface area (Å²) in [6, 6.07) is 4.52. The fourth-order valence-corrected chi connectivity index (χ4v) is 2.38. The van der Waals surface area contributed by atoms with Gasteiger partial charge in [-0.05, 0) is 24.6 Å². The van der Waals surface area contributed by atoms with E-state index in [1.54, 1.807) is 18.1 Å². The first-order valence-corrected chi connectivity index (χ1v) is 7.61. The lowest BCUT2D eigenvalue weighted by Gasteiger charge is -2.22. The molecular formula is C15H20BrNO4. The van der Waals surface area contributed by atoms with Crippen molar-refractivity contribution >= 4 is 27.8 Å². The molecule has 0 radical (unpaired) electrons. The first-order valence-electron chi connectivity index (χ1n) is 6.81. The average molecular weight is 358 g/mol. The van der Waals surface area contributed by atoms with E-state index < -0.39 is 5.97 Å². The molecule has 5 nitrogen and oxygen atoms in total. The van der Waals surface area contributed by atoms with Crippen molar-refractivity contribution in [1.29, 1.82) is 0 Å². The number of methoxy groups -OCH3 is 1. The molecule has 6 heteroatoms. The highest BCUT2D eigenvalue weighted by molar-refractivity contribution is 9.10. The summed E-state index contributed by atoms with van der Waals surface area (Å²) in [7, 11) is 1.59. The van der Waals surface area contributed by atoms with Crippen LogP contribution in [0.2, 0.25) is 0 Å². The second-order valence-electron chi connectivity index (χ2n) is 4.67. The van der Waals surface area contributed by atoms with Gasteiger partial charge in [-0.15, -0.1) is 0 Å². The Balaban J connectivity index is 2.98. The lowest BCUT2D eigenvalue weighted by Crippen LogP contribution is -2.34. The molecule has 1 aromatic rings. The highest BCUT2D eigenvalue weighted by atomic mass is 79.9. The van der Waals surface area contributed by atoms with Gasteiger partial charge < -0.3 is 14.7 Å². The lowest BCUT2D eigenvalue weighted by atomic mass is 10.1. The van der Waals surface area contributed by atoms with Crippen LogP contribution in [0.25, 0.3) is 0 Å². The smallest absolute Gasteiger partial charge is 0.335 e. The number of carboxylic acid groups (broad SMARTS) is 1. The minimum Gasteiger partial charge on any atom is -0.478 e. The number of unbranched alkanes of at least 4 members (excludes halogenated alkanes) is 1. The zero-order valence-electron chi connectivity index (χ0n) is 12.3. The van der Waals surface area contributed by atoms with Crippen LogP contribution in [0, 0.1) is 0 Å². The molecule has 116 valence electrons. The van der Waals surface area contributed by atoms with Gasteiger partial charge in [-0.3, -0.25) is 4.79 Å². The summed E-state index contributed by atoms with van der Waals surface area (Å²) >= 11 is 3.25. The molecule has 1 N–H and O–H groups in total. The summed E-state index contributed by atoms with van der Waals surface area (Å²) in [4.78, 5) is 25.3. The summed E-state index contributed by atoms with van der Waals surface area (Å²) in [6.45, 7) is 3.63. The minimum atomic E-state index is -1.05. The monoisotopic (exact) mass is 357 g/mol. The summed E-state index contributed by atoms with van der Waals surface area (Å²) in [5, 5.41) is 9.07. The van der Waals surface area contributed by atoms with E-state index in [4.69, 9.17) is 9.84 Å². The Morgan fingerprint density at radius 1 is 1.24 bits per heavy atom. The third-order valence-electron chi connectivity index (χ3n) is 3.03. The second kappa shape index (κ2) is 8.79. The Hall–Kier alpha value is -1.40. The van der Waals surface area contributed by atoms with Crippen molar-refractivity contribution in [2.45, 2.75) is 19.8 Å². The first-order chi connectivity index (χ1) is 9.99. The van der Waals surface area contributed by atoms with Gasteiger partial charge in [0.25, 0.3) is 5.91 Å². The third-order valence-corrected chi connectivity index (χ3v) is 3.48. The van der Waals surface area contributed by atoms with Crippen molar-refractivity contribution in [3.05, 3.63) is 33.8 Å². The van der Waals surface area contributed by atoms with Crippen molar-refractivity contribution in [3.63, 3.8) is 0 Å². The van der Waals surface area contributed by atoms with E-state index in [1.165, 1.54) is 12.1 Å². The number of aromatic carboxylic acids is 1. The zero-order valence-corrected chi connectivity index (χ0v) is 13.9. The number of hydrogen-bond donors (Lipinski definition) is 1. The molecule has 0 bridgehead atoms. The molecule has 21 heavy (non-hydrogen) atoms. The molecule has 0 unspecified atom stereocenters. The van der Waals surface area contributed by atoms with Crippen LogP contribution in [0.15, 0.2) is 22.7 Å². The molecule has 1 amide bonds. The van der Waals surface area contributed by atoms with Crippen LogP contribution in [-0.4, -0.2) is 48.7 Å². The van der Waals surface area contributed by atoms with Crippen LogP contribution in [0.3, 0.4) is 0 Å². The van der Waals surface area contributed by atoms with Gasteiger partial charge in [0.15, 0.2) is 0 Å². The molecule has 0 aliphatic carbocycles. The number of carbonyl (C=O) groups excluding carboxylic acids is 1.